The third kappa shape index (κ3) is 2.70. The van der Waals surface area contributed by atoms with Crippen molar-refractivity contribution in [3.05, 3.63) is 35.4 Å². The number of carbonyl (C=O) groups excluding carboxylic acids is 2. The molecule has 2 rings (SSSR count). The van der Waals surface area contributed by atoms with Crippen LogP contribution in [0.1, 0.15) is 12.5 Å². The summed E-state index contributed by atoms with van der Waals surface area (Å²) in [5, 5.41) is 2.65. The van der Waals surface area contributed by atoms with Gasteiger partial charge in [-0.05, 0) is 42.9 Å². The van der Waals surface area contributed by atoms with Crippen LogP contribution in [-0.2, 0) is 9.59 Å². The molecule has 0 unspecified atom stereocenters. The smallest absolute Gasteiger partial charge is 0.265 e. The standard InChI is InChI=1S/C14H14N2O3S/c1-3-16-13(18)11(12(17)15-14(16)20)8-9-5-4-6-10(7-9)19-2/h4-8H,3H2,1-2H3,(H,15,17,20). The maximum atomic E-state index is 12.2. The fourth-order valence-corrected chi connectivity index (χ4v) is 2.18. The van der Waals surface area contributed by atoms with E-state index in [2.05, 4.69) is 5.32 Å². The van der Waals surface area contributed by atoms with Crippen molar-refractivity contribution in [2.75, 3.05) is 13.7 Å². The third-order valence-corrected chi connectivity index (χ3v) is 3.23. The molecule has 1 aromatic carbocycles. The minimum absolute atomic E-state index is 0.0636. The van der Waals surface area contributed by atoms with E-state index in [9.17, 15) is 9.59 Å². The molecule has 20 heavy (non-hydrogen) atoms. The zero-order valence-electron chi connectivity index (χ0n) is 11.2. The number of benzene rings is 1. The quantitative estimate of drug-likeness (QED) is 0.518. The summed E-state index contributed by atoms with van der Waals surface area (Å²) in [7, 11) is 1.56. The van der Waals surface area contributed by atoms with Crippen molar-refractivity contribution in [2.45, 2.75) is 6.92 Å². The summed E-state index contributed by atoms with van der Waals surface area (Å²) in [5.74, 6) is -0.206. The van der Waals surface area contributed by atoms with Gasteiger partial charge in [0.15, 0.2) is 5.11 Å². The largest absolute Gasteiger partial charge is 0.497 e. The van der Waals surface area contributed by atoms with Crippen LogP contribution < -0.4 is 10.1 Å². The fraction of sp³-hybridized carbons (Fsp3) is 0.214. The second kappa shape index (κ2) is 5.83. The Morgan fingerprint density at radius 2 is 2.15 bits per heavy atom. The molecule has 2 amide bonds. The van der Waals surface area contributed by atoms with Crippen molar-refractivity contribution >= 4 is 35.2 Å². The topological polar surface area (TPSA) is 58.6 Å². The van der Waals surface area contributed by atoms with Crippen LogP contribution in [0.5, 0.6) is 5.75 Å². The molecule has 0 saturated carbocycles. The fourth-order valence-electron chi connectivity index (χ4n) is 1.88. The van der Waals surface area contributed by atoms with E-state index in [1.807, 2.05) is 0 Å². The molecule has 5 nitrogen and oxygen atoms in total. The van der Waals surface area contributed by atoms with Crippen molar-refractivity contribution in [1.82, 2.24) is 10.2 Å². The van der Waals surface area contributed by atoms with Gasteiger partial charge in [-0.3, -0.25) is 19.8 Å². The number of thiocarbonyl (C=S) groups is 1. The number of methoxy groups -OCH3 is 1. The Kier molecular flexibility index (Phi) is 4.14. The average Bonchev–Trinajstić information content (AvgIpc) is 2.44. The maximum Gasteiger partial charge on any atom is 0.265 e. The molecule has 1 aliphatic heterocycles. The summed E-state index contributed by atoms with van der Waals surface area (Å²) in [4.78, 5) is 25.5. The van der Waals surface area contributed by atoms with E-state index in [-0.39, 0.29) is 16.6 Å². The van der Waals surface area contributed by atoms with Crippen molar-refractivity contribution in [2.24, 2.45) is 0 Å². The lowest BCUT2D eigenvalue weighted by Gasteiger charge is -2.27. The summed E-state index contributed by atoms with van der Waals surface area (Å²) < 4.78 is 5.11. The molecule has 1 fully saturated rings. The van der Waals surface area contributed by atoms with Crippen LogP contribution in [-0.4, -0.2) is 35.5 Å². The van der Waals surface area contributed by atoms with E-state index >= 15 is 0 Å². The molecule has 1 saturated heterocycles. The Bertz CT molecular complexity index is 610. The number of ether oxygens (including phenoxy) is 1. The predicted molar refractivity (Wildman–Crippen MR) is 79.1 cm³/mol. The van der Waals surface area contributed by atoms with E-state index in [0.29, 0.717) is 17.9 Å². The van der Waals surface area contributed by atoms with Crippen LogP contribution in [0.15, 0.2) is 29.8 Å². The molecule has 0 spiro atoms. The molecular formula is C14H14N2O3S. The van der Waals surface area contributed by atoms with E-state index in [1.165, 1.54) is 11.0 Å². The summed E-state index contributed by atoms with van der Waals surface area (Å²) in [6, 6.07) is 7.12. The molecule has 1 aromatic rings. The molecule has 0 aliphatic carbocycles. The SMILES string of the molecule is CCN1C(=O)C(=Cc2cccc(OC)c2)C(=O)NC1=S. The van der Waals surface area contributed by atoms with Gasteiger partial charge in [-0.2, -0.15) is 0 Å². The second-order valence-corrected chi connectivity index (χ2v) is 4.53. The zero-order chi connectivity index (χ0) is 14.7. The first kappa shape index (κ1) is 14.2. The highest BCUT2D eigenvalue weighted by molar-refractivity contribution is 7.80. The number of rotatable bonds is 3. The zero-order valence-corrected chi connectivity index (χ0v) is 12.0. The van der Waals surface area contributed by atoms with Gasteiger partial charge in [-0.25, -0.2) is 0 Å². The van der Waals surface area contributed by atoms with Crippen LogP contribution in [0, 0.1) is 0 Å². The first-order valence-electron chi connectivity index (χ1n) is 6.09. The Labute approximate surface area is 122 Å². The van der Waals surface area contributed by atoms with Gasteiger partial charge < -0.3 is 4.74 Å². The Morgan fingerprint density at radius 1 is 1.40 bits per heavy atom. The van der Waals surface area contributed by atoms with E-state index in [4.69, 9.17) is 17.0 Å². The molecule has 0 aromatic heterocycles. The predicted octanol–water partition coefficient (Wildman–Crippen LogP) is 1.34. The lowest BCUT2D eigenvalue weighted by molar-refractivity contribution is -0.128. The van der Waals surface area contributed by atoms with Crippen LogP contribution in [0.25, 0.3) is 6.08 Å². The summed E-state index contributed by atoms with van der Waals surface area (Å²) in [6.45, 7) is 2.21. The number of nitrogens with zero attached hydrogens (tertiary/aromatic N) is 1. The van der Waals surface area contributed by atoms with Crippen LogP contribution in [0.2, 0.25) is 0 Å². The number of amides is 2. The van der Waals surface area contributed by atoms with Crippen LogP contribution in [0.4, 0.5) is 0 Å². The van der Waals surface area contributed by atoms with E-state index < -0.39 is 5.91 Å². The van der Waals surface area contributed by atoms with Gasteiger partial charge in [0.2, 0.25) is 0 Å². The van der Waals surface area contributed by atoms with Gasteiger partial charge in [0.1, 0.15) is 11.3 Å². The van der Waals surface area contributed by atoms with Gasteiger partial charge in [0, 0.05) is 6.54 Å². The number of carbonyl (C=O) groups is 2. The van der Waals surface area contributed by atoms with Gasteiger partial charge >= 0.3 is 0 Å². The van der Waals surface area contributed by atoms with Crippen molar-refractivity contribution in [1.29, 1.82) is 0 Å². The molecule has 0 bridgehead atoms. The third-order valence-electron chi connectivity index (χ3n) is 2.91. The number of hydrogen-bond donors (Lipinski definition) is 1. The number of hydrogen-bond acceptors (Lipinski definition) is 4. The van der Waals surface area contributed by atoms with Crippen molar-refractivity contribution in [3.8, 4) is 5.75 Å². The molecule has 0 atom stereocenters. The van der Waals surface area contributed by atoms with Gasteiger partial charge in [0.05, 0.1) is 7.11 Å². The van der Waals surface area contributed by atoms with Crippen molar-refractivity contribution < 1.29 is 14.3 Å². The van der Waals surface area contributed by atoms with E-state index in [1.54, 1.807) is 38.3 Å². The van der Waals surface area contributed by atoms with Gasteiger partial charge in [-0.15, -0.1) is 0 Å². The second-order valence-electron chi connectivity index (χ2n) is 4.14. The molecule has 6 heteroatoms. The van der Waals surface area contributed by atoms with Crippen LogP contribution in [0.3, 0.4) is 0 Å². The number of likely N-dealkylation sites (N-methyl/N-ethyl adjacent to an activating group) is 1. The molecular weight excluding hydrogens is 276 g/mol. The minimum Gasteiger partial charge on any atom is -0.497 e. The highest BCUT2D eigenvalue weighted by atomic mass is 32.1. The van der Waals surface area contributed by atoms with Gasteiger partial charge in [0.25, 0.3) is 11.8 Å². The highest BCUT2D eigenvalue weighted by Gasteiger charge is 2.32. The Morgan fingerprint density at radius 3 is 2.80 bits per heavy atom. The molecule has 1 heterocycles. The Balaban J connectivity index is 2.38. The summed E-state index contributed by atoms with van der Waals surface area (Å²) in [6.07, 6.45) is 1.53. The lowest BCUT2D eigenvalue weighted by atomic mass is 10.1. The Hall–Kier alpha value is -2.21. The highest BCUT2D eigenvalue weighted by Crippen LogP contribution is 2.18. The molecule has 0 radical (unpaired) electrons. The maximum absolute atomic E-state index is 12.2. The molecule has 1 N–H and O–H groups in total. The summed E-state index contributed by atoms with van der Waals surface area (Å²) in [5.41, 5.74) is 0.778. The minimum atomic E-state index is -0.479. The monoisotopic (exact) mass is 290 g/mol. The molecule has 104 valence electrons. The lowest BCUT2D eigenvalue weighted by Crippen LogP contribution is -2.53. The van der Waals surface area contributed by atoms with Crippen LogP contribution >= 0.6 is 12.2 Å². The van der Waals surface area contributed by atoms with Crippen molar-refractivity contribution in [3.63, 3.8) is 0 Å². The number of nitrogens with one attached hydrogen (secondary N) is 1. The van der Waals surface area contributed by atoms with E-state index in [0.717, 1.165) is 0 Å². The molecule has 1 aliphatic rings. The normalized spacial score (nSPS) is 17.4. The average molecular weight is 290 g/mol. The summed E-state index contributed by atoms with van der Waals surface area (Å²) >= 11 is 4.96. The first-order chi connectivity index (χ1) is 9.56. The van der Waals surface area contributed by atoms with Gasteiger partial charge in [-0.1, -0.05) is 12.1 Å². The first-order valence-corrected chi connectivity index (χ1v) is 6.50.